The molecule has 3 rings (SSSR count). The third kappa shape index (κ3) is 2.57. The number of hydrogen-bond acceptors (Lipinski definition) is 2. The van der Waals surface area contributed by atoms with Crippen LogP contribution in [0.3, 0.4) is 0 Å². The first kappa shape index (κ1) is 12.8. The minimum Gasteiger partial charge on any atom is -0.306 e. The van der Waals surface area contributed by atoms with Crippen LogP contribution in [-0.4, -0.2) is 15.7 Å². The Labute approximate surface area is 116 Å². The van der Waals surface area contributed by atoms with Gasteiger partial charge in [-0.15, -0.1) is 0 Å². The third-order valence-electron chi connectivity index (χ3n) is 3.50. The van der Waals surface area contributed by atoms with Gasteiger partial charge < -0.3 is 5.32 Å². The fourth-order valence-electron chi connectivity index (χ4n) is 2.15. The summed E-state index contributed by atoms with van der Waals surface area (Å²) in [7, 11) is 0. The zero-order valence-electron chi connectivity index (χ0n) is 11.3. The van der Waals surface area contributed by atoms with E-state index in [9.17, 15) is 9.18 Å². The molecule has 1 aromatic carbocycles. The highest BCUT2D eigenvalue weighted by Gasteiger charge is 2.24. The van der Waals surface area contributed by atoms with Crippen molar-refractivity contribution in [2.24, 2.45) is 5.92 Å². The summed E-state index contributed by atoms with van der Waals surface area (Å²) in [5, 5.41) is 7.04. The highest BCUT2D eigenvalue weighted by molar-refractivity contribution is 6.04. The number of nitrogens with zero attached hydrogens (tertiary/aromatic N) is 2. The standard InChI is InChI=1S/C15H16FN3O/c1-10-8-17-19(9-11-6-7-11)14(10)18-15(20)12-4-2-3-5-13(12)16/h2-5,8,11H,6-7,9H2,1H3,(H,18,20). The van der Waals surface area contributed by atoms with Gasteiger partial charge in [-0.2, -0.15) is 5.10 Å². The van der Waals surface area contributed by atoms with Crippen LogP contribution in [0.25, 0.3) is 0 Å². The van der Waals surface area contributed by atoms with Crippen LogP contribution in [0.4, 0.5) is 10.2 Å². The van der Waals surface area contributed by atoms with Gasteiger partial charge in [0.2, 0.25) is 0 Å². The molecule has 0 spiro atoms. The van der Waals surface area contributed by atoms with Gasteiger partial charge in [0.1, 0.15) is 11.6 Å². The van der Waals surface area contributed by atoms with Crippen LogP contribution in [0.15, 0.2) is 30.5 Å². The molecule has 0 radical (unpaired) electrons. The number of anilines is 1. The van der Waals surface area contributed by atoms with Crippen molar-refractivity contribution in [2.45, 2.75) is 26.3 Å². The predicted octanol–water partition coefficient (Wildman–Crippen LogP) is 2.99. The lowest BCUT2D eigenvalue weighted by Crippen LogP contribution is -2.18. The van der Waals surface area contributed by atoms with E-state index < -0.39 is 11.7 Å². The summed E-state index contributed by atoms with van der Waals surface area (Å²) in [6.07, 6.45) is 4.14. The summed E-state index contributed by atoms with van der Waals surface area (Å²) in [6.45, 7) is 2.69. The van der Waals surface area contributed by atoms with Crippen molar-refractivity contribution in [3.05, 3.63) is 47.4 Å². The summed E-state index contributed by atoms with van der Waals surface area (Å²) in [4.78, 5) is 12.1. The minimum atomic E-state index is -0.518. The van der Waals surface area contributed by atoms with E-state index in [0.717, 1.165) is 12.1 Å². The number of carbonyl (C=O) groups is 1. The topological polar surface area (TPSA) is 46.9 Å². The van der Waals surface area contributed by atoms with E-state index in [1.54, 1.807) is 23.0 Å². The Balaban J connectivity index is 1.82. The average Bonchev–Trinajstić information content (AvgIpc) is 3.18. The van der Waals surface area contributed by atoms with Gasteiger partial charge in [-0.25, -0.2) is 9.07 Å². The van der Waals surface area contributed by atoms with Crippen LogP contribution in [0.5, 0.6) is 0 Å². The number of aryl methyl sites for hydroxylation is 1. The molecule has 0 unspecified atom stereocenters. The molecule has 20 heavy (non-hydrogen) atoms. The Kier molecular flexibility index (Phi) is 3.26. The smallest absolute Gasteiger partial charge is 0.259 e. The maximum atomic E-state index is 13.6. The number of amides is 1. The lowest BCUT2D eigenvalue weighted by Gasteiger charge is -2.10. The van der Waals surface area contributed by atoms with Crippen molar-refractivity contribution in [3.63, 3.8) is 0 Å². The van der Waals surface area contributed by atoms with E-state index in [1.165, 1.54) is 25.0 Å². The Bertz CT molecular complexity index is 646. The molecule has 1 heterocycles. The zero-order chi connectivity index (χ0) is 14.1. The van der Waals surface area contributed by atoms with E-state index in [1.807, 2.05) is 6.92 Å². The van der Waals surface area contributed by atoms with Crippen LogP contribution in [-0.2, 0) is 6.54 Å². The van der Waals surface area contributed by atoms with Gasteiger partial charge in [-0.3, -0.25) is 4.79 Å². The molecule has 1 fully saturated rings. The quantitative estimate of drug-likeness (QED) is 0.930. The van der Waals surface area contributed by atoms with Crippen molar-refractivity contribution in [1.82, 2.24) is 9.78 Å². The van der Waals surface area contributed by atoms with Crippen molar-refractivity contribution < 1.29 is 9.18 Å². The largest absolute Gasteiger partial charge is 0.306 e. The van der Waals surface area contributed by atoms with Gasteiger partial charge >= 0.3 is 0 Å². The number of carbonyl (C=O) groups excluding carboxylic acids is 1. The molecule has 1 saturated carbocycles. The number of nitrogens with one attached hydrogen (secondary N) is 1. The predicted molar refractivity (Wildman–Crippen MR) is 74.0 cm³/mol. The SMILES string of the molecule is Cc1cnn(CC2CC2)c1NC(=O)c1ccccc1F. The van der Waals surface area contributed by atoms with E-state index in [-0.39, 0.29) is 5.56 Å². The van der Waals surface area contributed by atoms with Crippen molar-refractivity contribution in [1.29, 1.82) is 0 Å². The fourth-order valence-corrected chi connectivity index (χ4v) is 2.15. The molecule has 1 aromatic heterocycles. The highest BCUT2D eigenvalue weighted by atomic mass is 19.1. The second kappa shape index (κ2) is 5.07. The summed E-state index contributed by atoms with van der Waals surface area (Å²) in [5.41, 5.74) is 0.932. The molecular formula is C15H16FN3O. The van der Waals surface area contributed by atoms with Gasteiger partial charge in [0.15, 0.2) is 0 Å². The first-order valence-electron chi connectivity index (χ1n) is 6.73. The molecule has 5 heteroatoms. The summed E-state index contributed by atoms with van der Waals surface area (Å²) >= 11 is 0. The molecule has 0 saturated heterocycles. The Hall–Kier alpha value is -2.17. The van der Waals surface area contributed by atoms with Crippen LogP contribution in [0.1, 0.15) is 28.8 Å². The molecule has 4 nitrogen and oxygen atoms in total. The Morgan fingerprint density at radius 1 is 1.45 bits per heavy atom. The maximum Gasteiger partial charge on any atom is 0.259 e. The first-order valence-corrected chi connectivity index (χ1v) is 6.73. The molecule has 2 aromatic rings. The van der Waals surface area contributed by atoms with E-state index >= 15 is 0 Å². The number of halogens is 1. The number of hydrogen-bond donors (Lipinski definition) is 1. The van der Waals surface area contributed by atoms with Gasteiger partial charge in [0, 0.05) is 12.1 Å². The van der Waals surface area contributed by atoms with Crippen molar-refractivity contribution in [2.75, 3.05) is 5.32 Å². The van der Waals surface area contributed by atoms with Crippen LogP contribution < -0.4 is 5.32 Å². The Morgan fingerprint density at radius 2 is 2.20 bits per heavy atom. The second-order valence-electron chi connectivity index (χ2n) is 5.24. The third-order valence-corrected chi connectivity index (χ3v) is 3.50. The van der Waals surface area contributed by atoms with Crippen molar-refractivity contribution in [3.8, 4) is 0 Å². The molecule has 1 amide bonds. The normalized spacial score (nSPS) is 14.3. The van der Waals surface area contributed by atoms with Gasteiger partial charge in [-0.05, 0) is 37.8 Å². The highest BCUT2D eigenvalue weighted by Crippen LogP contribution is 2.32. The molecule has 104 valence electrons. The van der Waals surface area contributed by atoms with Gasteiger partial charge in [-0.1, -0.05) is 12.1 Å². The van der Waals surface area contributed by atoms with Crippen LogP contribution in [0, 0.1) is 18.7 Å². The number of benzene rings is 1. The van der Waals surface area contributed by atoms with E-state index in [2.05, 4.69) is 10.4 Å². The van der Waals surface area contributed by atoms with Gasteiger partial charge in [0.05, 0.1) is 11.8 Å². The molecule has 1 N–H and O–H groups in total. The molecular weight excluding hydrogens is 257 g/mol. The lowest BCUT2D eigenvalue weighted by molar-refractivity contribution is 0.102. The number of aromatic nitrogens is 2. The van der Waals surface area contributed by atoms with E-state index in [4.69, 9.17) is 0 Å². The van der Waals surface area contributed by atoms with Crippen molar-refractivity contribution >= 4 is 11.7 Å². The minimum absolute atomic E-state index is 0.0473. The van der Waals surface area contributed by atoms with E-state index in [0.29, 0.717) is 11.7 Å². The maximum absolute atomic E-state index is 13.6. The molecule has 0 bridgehead atoms. The zero-order valence-corrected chi connectivity index (χ0v) is 11.3. The summed E-state index contributed by atoms with van der Waals surface area (Å²) in [5.74, 6) is 0.350. The first-order chi connectivity index (χ1) is 9.65. The molecule has 0 aliphatic heterocycles. The van der Waals surface area contributed by atoms with Crippen LogP contribution >= 0.6 is 0 Å². The molecule has 0 atom stereocenters. The fraction of sp³-hybridized carbons (Fsp3) is 0.333. The summed E-state index contributed by atoms with van der Waals surface area (Å²) in [6, 6.07) is 5.96. The molecule has 1 aliphatic carbocycles. The Morgan fingerprint density at radius 3 is 2.90 bits per heavy atom. The lowest BCUT2D eigenvalue weighted by atomic mass is 10.2. The number of rotatable bonds is 4. The molecule has 1 aliphatic rings. The monoisotopic (exact) mass is 273 g/mol. The van der Waals surface area contributed by atoms with Crippen LogP contribution in [0.2, 0.25) is 0 Å². The summed E-state index contributed by atoms with van der Waals surface area (Å²) < 4.78 is 15.4. The second-order valence-corrected chi connectivity index (χ2v) is 5.24. The average molecular weight is 273 g/mol. The van der Waals surface area contributed by atoms with Gasteiger partial charge in [0.25, 0.3) is 5.91 Å².